The van der Waals surface area contributed by atoms with Crippen LogP contribution in [-0.2, 0) is 6.18 Å². The van der Waals surface area contributed by atoms with Crippen LogP contribution in [0.3, 0.4) is 0 Å². The van der Waals surface area contributed by atoms with Crippen molar-refractivity contribution in [1.29, 1.82) is 0 Å². The lowest BCUT2D eigenvalue weighted by molar-refractivity contribution is -0.141. The number of rotatable bonds is 3. The molecule has 2 aromatic carbocycles. The fourth-order valence-corrected chi connectivity index (χ4v) is 2.58. The van der Waals surface area contributed by atoms with Crippen LogP contribution in [0, 0.1) is 0 Å². The second kappa shape index (κ2) is 6.68. The summed E-state index contributed by atoms with van der Waals surface area (Å²) in [6.07, 6.45) is -3.17. The van der Waals surface area contributed by atoms with Crippen LogP contribution in [0.25, 0.3) is 22.3 Å². The van der Waals surface area contributed by atoms with E-state index in [1.165, 1.54) is 12.3 Å². The van der Waals surface area contributed by atoms with Crippen LogP contribution in [0.1, 0.15) is 5.69 Å². The molecule has 2 heterocycles. The van der Waals surface area contributed by atoms with E-state index in [2.05, 4.69) is 15.0 Å². The van der Waals surface area contributed by atoms with Crippen molar-refractivity contribution in [1.82, 2.24) is 15.0 Å². The highest BCUT2D eigenvalue weighted by Gasteiger charge is 2.34. The minimum absolute atomic E-state index is 0.152. The number of pyridine rings is 1. The molecule has 0 aliphatic rings. The molecular weight excluding hydrogens is 355 g/mol. The van der Waals surface area contributed by atoms with Gasteiger partial charge >= 0.3 is 6.18 Å². The van der Waals surface area contributed by atoms with Crippen LogP contribution in [0.2, 0.25) is 0 Å². The van der Waals surface area contributed by atoms with Crippen molar-refractivity contribution in [2.45, 2.75) is 6.18 Å². The van der Waals surface area contributed by atoms with Crippen LogP contribution in [0.5, 0.6) is 11.6 Å². The molecule has 4 aromatic rings. The minimum Gasteiger partial charge on any atom is -0.439 e. The van der Waals surface area contributed by atoms with Gasteiger partial charge in [-0.25, -0.2) is 4.98 Å². The Kier molecular flexibility index (Phi) is 4.19. The van der Waals surface area contributed by atoms with E-state index < -0.39 is 11.9 Å². The summed E-state index contributed by atoms with van der Waals surface area (Å²) in [4.78, 5) is 11.7. The molecule has 0 saturated heterocycles. The largest absolute Gasteiger partial charge is 0.439 e. The van der Waals surface area contributed by atoms with Crippen LogP contribution < -0.4 is 4.74 Å². The van der Waals surface area contributed by atoms with Crippen molar-refractivity contribution in [2.75, 3.05) is 0 Å². The van der Waals surface area contributed by atoms with E-state index in [0.717, 1.165) is 16.8 Å². The van der Waals surface area contributed by atoms with Gasteiger partial charge in [0.15, 0.2) is 11.5 Å². The molecule has 4 nitrogen and oxygen atoms in total. The lowest BCUT2D eigenvalue weighted by Gasteiger charge is -2.11. The first-order valence-corrected chi connectivity index (χ1v) is 8.03. The van der Waals surface area contributed by atoms with Crippen molar-refractivity contribution < 1.29 is 17.9 Å². The summed E-state index contributed by atoms with van der Waals surface area (Å²) in [5, 5.41) is 1.91. The highest BCUT2D eigenvalue weighted by molar-refractivity contribution is 5.83. The fraction of sp³-hybridized carbons (Fsp3) is 0.0500. The van der Waals surface area contributed by atoms with Gasteiger partial charge in [0.2, 0.25) is 5.88 Å². The Labute approximate surface area is 152 Å². The maximum Gasteiger partial charge on any atom is 0.433 e. The number of halogens is 3. The minimum atomic E-state index is -4.63. The zero-order valence-corrected chi connectivity index (χ0v) is 13.8. The summed E-state index contributed by atoms with van der Waals surface area (Å²) >= 11 is 0. The third-order valence-corrected chi connectivity index (χ3v) is 3.83. The summed E-state index contributed by atoms with van der Waals surface area (Å²) in [5.74, 6) is 0.0296. The van der Waals surface area contributed by atoms with Crippen molar-refractivity contribution in [3.05, 3.63) is 78.6 Å². The zero-order valence-electron chi connectivity index (χ0n) is 13.8. The maximum atomic E-state index is 13.2. The number of benzene rings is 2. The smallest absolute Gasteiger partial charge is 0.433 e. The normalized spacial score (nSPS) is 11.5. The molecule has 0 atom stereocenters. The average molecular weight is 367 g/mol. The van der Waals surface area contributed by atoms with E-state index in [-0.39, 0.29) is 17.4 Å². The molecule has 0 aliphatic carbocycles. The summed E-state index contributed by atoms with van der Waals surface area (Å²) < 4.78 is 45.3. The Morgan fingerprint density at radius 2 is 1.56 bits per heavy atom. The van der Waals surface area contributed by atoms with Crippen molar-refractivity contribution in [3.8, 4) is 23.1 Å². The molecule has 0 saturated carbocycles. The van der Waals surface area contributed by atoms with Gasteiger partial charge in [-0.2, -0.15) is 18.2 Å². The highest BCUT2D eigenvalue weighted by atomic mass is 19.4. The predicted molar refractivity (Wildman–Crippen MR) is 94.3 cm³/mol. The zero-order chi connectivity index (χ0) is 18.9. The van der Waals surface area contributed by atoms with Crippen molar-refractivity contribution in [2.24, 2.45) is 0 Å². The summed E-state index contributed by atoms with van der Waals surface area (Å²) in [6, 6.07) is 18.5. The summed E-state index contributed by atoms with van der Waals surface area (Å²) in [7, 11) is 0. The fourth-order valence-electron chi connectivity index (χ4n) is 2.58. The van der Waals surface area contributed by atoms with Gasteiger partial charge in [0.05, 0.1) is 0 Å². The molecule has 4 rings (SSSR count). The Morgan fingerprint density at radius 1 is 0.778 bits per heavy atom. The molecule has 2 aromatic heterocycles. The topological polar surface area (TPSA) is 47.9 Å². The monoisotopic (exact) mass is 367 g/mol. The molecule has 0 unspecified atom stereocenters. The van der Waals surface area contributed by atoms with Crippen LogP contribution in [0.4, 0.5) is 13.2 Å². The number of hydrogen-bond acceptors (Lipinski definition) is 4. The van der Waals surface area contributed by atoms with E-state index in [1.807, 2.05) is 30.3 Å². The maximum absolute atomic E-state index is 13.2. The van der Waals surface area contributed by atoms with Gasteiger partial charge in [-0.05, 0) is 35.0 Å². The average Bonchev–Trinajstić information content (AvgIpc) is 2.68. The van der Waals surface area contributed by atoms with Crippen molar-refractivity contribution in [3.63, 3.8) is 0 Å². The lowest BCUT2D eigenvalue weighted by Crippen LogP contribution is -2.10. The molecule has 0 fully saturated rings. The summed E-state index contributed by atoms with van der Waals surface area (Å²) in [5.41, 5.74) is -0.860. The number of nitrogens with zero attached hydrogens (tertiary/aromatic N) is 3. The number of alkyl halides is 3. The SMILES string of the molecule is FC(F)(F)c1cc(Oc2ccc3ccccc3c2)nc(-c2ccccn2)n1. The quantitative estimate of drug-likeness (QED) is 0.479. The lowest BCUT2D eigenvalue weighted by atomic mass is 10.1. The molecule has 0 radical (unpaired) electrons. The van der Waals surface area contributed by atoms with Crippen LogP contribution in [-0.4, -0.2) is 15.0 Å². The Morgan fingerprint density at radius 3 is 2.30 bits per heavy atom. The van der Waals surface area contributed by atoms with E-state index in [1.54, 1.807) is 24.3 Å². The van der Waals surface area contributed by atoms with Gasteiger partial charge in [0.1, 0.15) is 11.4 Å². The molecule has 7 heteroatoms. The van der Waals surface area contributed by atoms with Crippen LogP contribution in [0.15, 0.2) is 72.9 Å². The third-order valence-electron chi connectivity index (χ3n) is 3.83. The second-order valence-electron chi connectivity index (χ2n) is 5.74. The van der Waals surface area contributed by atoms with Gasteiger partial charge in [-0.3, -0.25) is 4.98 Å². The number of aromatic nitrogens is 3. The molecule has 27 heavy (non-hydrogen) atoms. The predicted octanol–water partition coefficient (Wildman–Crippen LogP) is 5.50. The third kappa shape index (κ3) is 3.72. The number of fused-ring (bicyclic) bond motifs is 1. The molecule has 0 amide bonds. The van der Waals surface area contributed by atoms with E-state index in [4.69, 9.17) is 4.74 Å². The van der Waals surface area contributed by atoms with Gasteiger partial charge in [-0.1, -0.05) is 36.4 Å². The standard InChI is InChI=1S/C20H12F3N3O/c21-20(22,23)17-12-18(26-19(25-17)16-7-3-4-10-24-16)27-15-9-8-13-5-1-2-6-14(13)11-15/h1-12H. The first-order chi connectivity index (χ1) is 13.0. The van der Waals surface area contributed by atoms with E-state index >= 15 is 0 Å². The van der Waals surface area contributed by atoms with Gasteiger partial charge in [0.25, 0.3) is 0 Å². The Hall–Kier alpha value is -3.48. The highest BCUT2D eigenvalue weighted by Crippen LogP contribution is 2.33. The molecule has 0 aliphatic heterocycles. The molecule has 0 bridgehead atoms. The number of ether oxygens (including phenoxy) is 1. The first-order valence-electron chi connectivity index (χ1n) is 8.03. The Bertz CT molecular complexity index is 1100. The molecular formula is C20H12F3N3O. The van der Waals surface area contributed by atoms with Crippen molar-refractivity contribution >= 4 is 10.8 Å². The van der Waals surface area contributed by atoms with Gasteiger partial charge < -0.3 is 4.74 Å². The summed E-state index contributed by atoms with van der Waals surface area (Å²) in [6.45, 7) is 0. The second-order valence-corrected chi connectivity index (χ2v) is 5.74. The molecule has 0 N–H and O–H groups in total. The van der Waals surface area contributed by atoms with Gasteiger partial charge in [0, 0.05) is 12.3 Å². The number of hydrogen-bond donors (Lipinski definition) is 0. The molecule has 134 valence electrons. The van der Waals surface area contributed by atoms with Crippen LogP contribution >= 0.6 is 0 Å². The molecule has 0 spiro atoms. The van der Waals surface area contributed by atoms with Gasteiger partial charge in [-0.15, -0.1) is 0 Å². The first kappa shape index (κ1) is 17.0. The van der Waals surface area contributed by atoms with E-state index in [0.29, 0.717) is 5.75 Å². The van der Waals surface area contributed by atoms with E-state index in [9.17, 15) is 13.2 Å². The Balaban J connectivity index is 1.76.